The van der Waals surface area contributed by atoms with Gasteiger partial charge in [0.15, 0.2) is 0 Å². The lowest BCUT2D eigenvalue weighted by Gasteiger charge is -2.38. The van der Waals surface area contributed by atoms with Gasteiger partial charge in [-0.25, -0.2) is 0 Å². The number of likely N-dealkylation sites (tertiary alicyclic amines) is 1. The predicted octanol–water partition coefficient (Wildman–Crippen LogP) is 8.31. The molecule has 1 unspecified atom stereocenters. The molecule has 1 rings (SSSR count). The standard InChI is InChI=1S/C29H61N2O3P/c1-4-7-10-13-14-15-16-19-27-33-35(32)34-28-26-30-24-20-29(21-25-30)31(22-17-11-8-5-2)23-18-12-9-6-3/h29,32H,4-28H2,1-3H3. The highest BCUT2D eigenvalue weighted by atomic mass is 31.2. The van der Waals surface area contributed by atoms with Gasteiger partial charge < -0.3 is 23.7 Å². The third-order valence-corrected chi connectivity index (χ3v) is 8.29. The maximum Gasteiger partial charge on any atom is 0.329 e. The summed E-state index contributed by atoms with van der Waals surface area (Å²) in [5.41, 5.74) is 0. The first kappa shape index (κ1) is 33.3. The smallest absolute Gasteiger partial charge is 0.328 e. The lowest BCUT2D eigenvalue weighted by Crippen LogP contribution is -2.46. The molecule has 1 N–H and O–H groups in total. The highest BCUT2D eigenvalue weighted by molar-refractivity contribution is 7.40. The lowest BCUT2D eigenvalue weighted by molar-refractivity contribution is 0.0923. The molecular weight excluding hydrogens is 455 g/mol. The van der Waals surface area contributed by atoms with Gasteiger partial charge in [-0.15, -0.1) is 0 Å². The largest absolute Gasteiger partial charge is 0.329 e. The Morgan fingerprint density at radius 1 is 0.657 bits per heavy atom. The van der Waals surface area contributed by atoms with Crippen LogP contribution in [0.4, 0.5) is 0 Å². The summed E-state index contributed by atoms with van der Waals surface area (Å²) in [6.45, 7) is 13.8. The van der Waals surface area contributed by atoms with Crippen LogP contribution in [0.15, 0.2) is 0 Å². The predicted molar refractivity (Wildman–Crippen MR) is 153 cm³/mol. The van der Waals surface area contributed by atoms with Crippen LogP contribution >= 0.6 is 8.60 Å². The molecule has 210 valence electrons. The monoisotopic (exact) mass is 516 g/mol. The van der Waals surface area contributed by atoms with Crippen LogP contribution in [-0.2, 0) is 9.05 Å². The summed E-state index contributed by atoms with van der Waals surface area (Å²) in [6.07, 6.45) is 23.6. The fourth-order valence-corrected chi connectivity index (χ4v) is 5.73. The fraction of sp³-hybridized carbons (Fsp3) is 1.00. The van der Waals surface area contributed by atoms with Crippen molar-refractivity contribution < 1.29 is 13.9 Å². The second kappa shape index (κ2) is 24.6. The number of nitrogens with zero attached hydrogens (tertiary/aromatic N) is 2. The molecule has 0 aromatic rings. The number of hydrogen-bond acceptors (Lipinski definition) is 5. The maximum absolute atomic E-state index is 10.0. The van der Waals surface area contributed by atoms with E-state index in [9.17, 15) is 4.89 Å². The quantitative estimate of drug-likeness (QED) is 0.0976. The average Bonchev–Trinajstić information content (AvgIpc) is 2.87. The molecule has 1 aliphatic heterocycles. The van der Waals surface area contributed by atoms with E-state index in [4.69, 9.17) is 9.05 Å². The van der Waals surface area contributed by atoms with E-state index in [0.29, 0.717) is 13.2 Å². The molecule has 0 aliphatic carbocycles. The van der Waals surface area contributed by atoms with Crippen LogP contribution in [0.25, 0.3) is 0 Å². The van der Waals surface area contributed by atoms with Crippen molar-refractivity contribution in [1.29, 1.82) is 0 Å². The molecule has 0 bridgehead atoms. The molecule has 0 spiro atoms. The first-order chi connectivity index (χ1) is 17.2. The minimum Gasteiger partial charge on any atom is -0.328 e. The molecule has 0 aromatic heterocycles. The van der Waals surface area contributed by atoms with Crippen LogP contribution in [0, 0.1) is 0 Å². The fourth-order valence-electron chi connectivity index (χ4n) is 5.13. The zero-order valence-corrected chi connectivity index (χ0v) is 24.8. The normalized spacial score (nSPS) is 16.4. The van der Waals surface area contributed by atoms with E-state index in [2.05, 4.69) is 30.6 Å². The van der Waals surface area contributed by atoms with Gasteiger partial charge in [-0.2, -0.15) is 0 Å². The number of hydrogen-bond donors (Lipinski definition) is 1. The number of rotatable bonds is 25. The van der Waals surface area contributed by atoms with Crippen molar-refractivity contribution in [3.8, 4) is 0 Å². The van der Waals surface area contributed by atoms with Crippen molar-refractivity contribution in [2.75, 3.05) is 45.9 Å². The Kier molecular flexibility index (Phi) is 23.3. The topological polar surface area (TPSA) is 45.2 Å². The van der Waals surface area contributed by atoms with E-state index in [0.717, 1.165) is 32.1 Å². The number of piperidine rings is 1. The Labute approximate surface area is 220 Å². The Hall–Kier alpha value is 0.230. The maximum atomic E-state index is 10.0. The van der Waals surface area contributed by atoms with E-state index in [1.54, 1.807) is 0 Å². The molecule has 6 heteroatoms. The van der Waals surface area contributed by atoms with Gasteiger partial charge in [-0.1, -0.05) is 104 Å². The van der Waals surface area contributed by atoms with Crippen molar-refractivity contribution in [3.05, 3.63) is 0 Å². The minimum atomic E-state index is -1.71. The molecule has 5 nitrogen and oxygen atoms in total. The molecule has 0 radical (unpaired) electrons. The van der Waals surface area contributed by atoms with Crippen LogP contribution < -0.4 is 0 Å². The molecule has 0 aromatic carbocycles. The van der Waals surface area contributed by atoms with Crippen molar-refractivity contribution >= 4 is 8.60 Å². The minimum absolute atomic E-state index is 0.571. The highest BCUT2D eigenvalue weighted by Crippen LogP contribution is 2.33. The zero-order chi connectivity index (χ0) is 25.4. The van der Waals surface area contributed by atoms with Gasteiger partial charge in [0.05, 0.1) is 13.2 Å². The molecule has 1 saturated heterocycles. The molecule has 0 saturated carbocycles. The van der Waals surface area contributed by atoms with Crippen LogP contribution in [0.1, 0.15) is 136 Å². The molecule has 0 amide bonds. The van der Waals surface area contributed by atoms with Crippen molar-refractivity contribution in [2.45, 2.75) is 142 Å². The summed E-state index contributed by atoms with van der Waals surface area (Å²) in [5.74, 6) is 0. The third-order valence-electron chi connectivity index (χ3n) is 7.48. The van der Waals surface area contributed by atoms with Crippen LogP contribution in [-0.4, -0.2) is 66.7 Å². The molecular formula is C29H61N2O3P. The number of unbranched alkanes of at least 4 members (excludes halogenated alkanes) is 13. The van der Waals surface area contributed by atoms with E-state index in [1.807, 2.05) is 0 Å². The molecule has 1 fully saturated rings. The van der Waals surface area contributed by atoms with Crippen molar-refractivity contribution in [1.82, 2.24) is 9.80 Å². The summed E-state index contributed by atoms with van der Waals surface area (Å²) >= 11 is 0. The Bertz CT molecular complexity index is 424. The van der Waals surface area contributed by atoms with Gasteiger partial charge in [0.1, 0.15) is 0 Å². The van der Waals surface area contributed by atoms with Crippen LogP contribution in [0.5, 0.6) is 0 Å². The highest BCUT2D eigenvalue weighted by Gasteiger charge is 2.24. The van der Waals surface area contributed by atoms with Crippen molar-refractivity contribution in [2.24, 2.45) is 0 Å². The summed E-state index contributed by atoms with van der Waals surface area (Å²) in [5, 5.41) is 0. The first-order valence-electron chi connectivity index (χ1n) is 15.4. The van der Waals surface area contributed by atoms with E-state index in [-0.39, 0.29) is 0 Å². The molecule has 1 atom stereocenters. The van der Waals surface area contributed by atoms with Gasteiger partial charge in [-0.3, -0.25) is 0 Å². The lowest BCUT2D eigenvalue weighted by atomic mass is 10.0. The summed E-state index contributed by atoms with van der Waals surface area (Å²) in [6, 6.07) is 0.750. The molecule has 1 aliphatic rings. The van der Waals surface area contributed by atoms with E-state index >= 15 is 0 Å². The van der Waals surface area contributed by atoms with Crippen LogP contribution in [0.2, 0.25) is 0 Å². The van der Waals surface area contributed by atoms with Gasteiger partial charge in [0, 0.05) is 12.6 Å². The first-order valence-corrected chi connectivity index (χ1v) is 16.5. The second-order valence-electron chi connectivity index (χ2n) is 10.6. The van der Waals surface area contributed by atoms with Gasteiger partial charge in [-0.05, 0) is 58.3 Å². The Balaban J connectivity index is 2.11. The van der Waals surface area contributed by atoms with Crippen LogP contribution in [0.3, 0.4) is 0 Å². The average molecular weight is 517 g/mol. The van der Waals surface area contributed by atoms with Gasteiger partial charge in [0.2, 0.25) is 0 Å². The summed E-state index contributed by atoms with van der Waals surface area (Å²) in [7, 11) is -1.71. The van der Waals surface area contributed by atoms with Crippen molar-refractivity contribution in [3.63, 3.8) is 0 Å². The SMILES string of the molecule is CCCCCCCCCCOP(O)OCCN1CCC(N(CCCCCC)CCCCCC)CC1. The molecule has 1 heterocycles. The third kappa shape index (κ3) is 19.0. The zero-order valence-electron chi connectivity index (χ0n) is 23.9. The second-order valence-corrected chi connectivity index (χ2v) is 11.6. The van der Waals surface area contributed by atoms with E-state index in [1.165, 1.54) is 122 Å². The summed E-state index contributed by atoms with van der Waals surface area (Å²) < 4.78 is 11.1. The van der Waals surface area contributed by atoms with E-state index < -0.39 is 8.60 Å². The van der Waals surface area contributed by atoms with Gasteiger partial charge in [0.25, 0.3) is 0 Å². The Morgan fingerprint density at radius 3 is 1.66 bits per heavy atom. The summed E-state index contributed by atoms with van der Waals surface area (Å²) in [4.78, 5) is 15.3. The molecule has 35 heavy (non-hydrogen) atoms. The Morgan fingerprint density at radius 2 is 1.11 bits per heavy atom. The van der Waals surface area contributed by atoms with Gasteiger partial charge >= 0.3 is 8.60 Å².